The van der Waals surface area contributed by atoms with E-state index in [1.165, 1.54) is 11.8 Å². The highest BCUT2D eigenvalue weighted by atomic mass is 32.2. The largest absolute Gasteiger partial charge is 0.478 e. The number of thioether (sulfide) groups is 1. The number of pyridine rings is 1. The molecule has 5 heteroatoms. The highest BCUT2D eigenvalue weighted by Gasteiger charge is 2.04. The van der Waals surface area contributed by atoms with Gasteiger partial charge in [-0.3, -0.25) is 0 Å². The number of hydrogen-bond acceptors (Lipinski definition) is 4. The highest BCUT2D eigenvalue weighted by Crippen LogP contribution is 2.22. The first-order valence-corrected chi connectivity index (χ1v) is 5.89. The smallest absolute Gasteiger partial charge is 0.331 e. The molecule has 16 heavy (non-hydrogen) atoms. The first-order chi connectivity index (χ1) is 7.65. The van der Waals surface area contributed by atoms with Crippen molar-refractivity contribution in [3.05, 3.63) is 30.0 Å². The minimum atomic E-state index is -0.864. The van der Waals surface area contributed by atoms with Gasteiger partial charge in [-0.1, -0.05) is 13.0 Å². The summed E-state index contributed by atoms with van der Waals surface area (Å²) in [4.78, 5) is 14.8. The van der Waals surface area contributed by atoms with Crippen LogP contribution in [0.1, 0.15) is 13.3 Å². The number of nitrogens with two attached hydrogens (primary N) is 1. The molecule has 0 bridgehead atoms. The first kappa shape index (κ1) is 12.6. The number of nitrogen functional groups attached to an aromatic ring is 1. The summed E-state index contributed by atoms with van der Waals surface area (Å²) < 4.78 is 0. The summed E-state index contributed by atoms with van der Waals surface area (Å²) in [6.07, 6.45) is 3.88. The molecule has 1 rings (SSSR count). The molecule has 0 saturated carbocycles. The number of anilines is 1. The van der Waals surface area contributed by atoms with E-state index in [-0.39, 0.29) is 0 Å². The zero-order valence-corrected chi connectivity index (χ0v) is 9.83. The fraction of sp³-hybridized carbons (Fsp3) is 0.273. The van der Waals surface area contributed by atoms with Crippen molar-refractivity contribution < 1.29 is 9.90 Å². The van der Waals surface area contributed by atoms with Crippen molar-refractivity contribution in [2.75, 3.05) is 11.5 Å². The van der Waals surface area contributed by atoms with Crippen LogP contribution in [0.4, 0.5) is 5.69 Å². The number of nitrogens with zero attached hydrogens (tertiary/aromatic N) is 1. The Morgan fingerprint density at radius 1 is 1.69 bits per heavy atom. The Bertz CT molecular complexity index is 405. The average molecular weight is 238 g/mol. The predicted molar refractivity (Wildman–Crippen MR) is 65.4 cm³/mol. The number of rotatable bonds is 5. The van der Waals surface area contributed by atoms with Crippen LogP contribution in [0.5, 0.6) is 0 Å². The molecule has 0 aliphatic rings. The lowest BCUT2D eigenvalue weighted by molar-refractivity contribution is -0.132. The Labute approximate surface area is 98.6 Å². The molecular weight excluding hydrogens is 224 g/mol. The summed E-state index contributed by atoms with van der Waals surface area (Å²) in [6.45, 7) is 1.82. The third-order valence-electron chi connectivity index (χ3n) is 2.01. The van der Waals surface area contributed by atoms with Gasteiger partial charge in [0, 0.05) is 17.5 Å². The van der Waals surface area contributed by atoms with E-state index in [9.17, 15) is 4.79 Å². The Morgan fingerprint density at radius 3 is 3.00 bits per heavy atom. The van der Waals surface area contributed by atoms with Crippen LogP contribution in [0.2, 0.25) is 0 Å². The lowest BCUT2D eigenvalue weighted by Gasteiger charge is -2.02. The third-order valence-corrected chi connectivity index (χ3v) is 2.95. The van der Waals surface area contributed by atoms with Gasteiger partial charge in [0.05, 0.1) is 5.69 Å². The minimum absolute atomic E-state index is 0.419. The highest BCUT2D eigenvalue weighted by molar-refractivity contribution is 7.99. The zero-order valence-electron chi connectivity index (χ0n) is 9.01. The molecule has 0 unspecified atom stereocenters. The van der Waals surface area contributed by atoms with E-state index in [0.717, 1.165) is 5.03 Å². The van der Waals surface area contributed by atoms with Crippen molar-refractivity contribution in [2.24, 2.45) is 0 Å². The summed E-state index contributed by atoms with van der Waals surface area (Å²) in [7, 11) is 0. The van der Waals surface area contributed by atoms with E-state index in [0.29, 0.717) is 23.4 Å². The zero-order chi connectivity index (χ0) is 12.0. The first-order valence-electron chi connectivity index (χ1n) is 4.90. The number of aliphatic carboxylic acids is 1. The number of aromatic nitrogens is 1. The second-order valence-electron chi connectivity index (χ2n) is 3.10. The van der Waals surface area contributed by atoms with Crippen LogP contribution in [0.25, 0.3) is 0 Å². The van der Waals surface area contributed by atoms with E-state index in [1.807, 2.05) is 6.92 Å². The van der Waals surface area contributed by atoms with Gasteiger partial charge in [-0.05, 0) is 18.6 Å². The van der Waals surface area contributed by atoms with Crippen LogP contribution in [0, 0.1) is 0 Å². The van der Waals surface area contributed by atoms with Gasteiger partial charge in [0.15, 0.2) is 0 Å². The summed E-state index contributed by atoms with van der Waals surface area (Å²) in [5, 5.41) is 9.54. The summed E-state index contributed by atoms with van der Waals surface area (Å²) in [5.41, 5.74) is 6.75. The normalized spacial score (nSPS) is 11.4. The van der Waals surface area contributed by atoms with E-state index < -0.39 is 5.97 Å². The van der Waals surface area contributed by atoms with E-state index >= 15 is 0 Å². The Balaban J connectivity index is 2.59. The van der Waals surface area contributed by atoms with Gasteiger partial charge in [0.1, 0.15) is 5.03 Å². The molecule has 0 aliphatic heterocycles. The summed E-state index contributed by atoms with van der Waals surface area (Å²) >= 11 is 1.43. The molecular formula is C11H14N2O2S. The monoisotopic (exact) mass is 238 g/mol. The summed E-state index contributed by atoms with van der Waals surface area (Å²) in [5.74, 6) is -0.298. The Kier molecular flexibility index (Phi) is 4.85. The molecule has 0 fully saturated rings. The number of carbonyl (C=O) groups is 1. The van der Waals surface area contributed by atoms with Crippen molar-refractivity contribution in [2.45, 2.75) is 18.4 Å². The predicted octanol–water partition coefficient (Wildman–Crippen LogP) is 2.18. The van der Waals surface area contributed by atoms with E-state index in [1.54, 1.807) is 24.4 Å². The molecule has 0 radical (unpaired) electrons. The molecule has 3 N–H and O–H groups in total. The topological polar surface area (TPSA) is 76.2 Å². The lowest BCUT2D eigenvalue weighted by atomic mass is 10.2. The van der Waals surface area contributed by atoms with Crippen LogP contribution in [-0.4, -0.2) is 21.8 Å². The van der Waals surface area contributed by atoms with Gasteiger partial charge >= 0.3 is 5.97 Å². The number of carboxylic acids is 1. The standard InChI is InChI=1S/C11H14N2O2S/c1-2-8(11(14)15)5-7-16-10-9(12)4-3-6-13-10/h3-6H,2,7,12H2,1H3,(H,14,15). The van der Waals surface area contributed by atoms with Gasteiger partial charge in [-0.25, -0.2) is 9.78 Å². The van der Waals surface area contributed by atoms with Crippen LogP contribution < -0.4 is 5.73 Å². The second-order valence-corrected chi connectivity index (χ2v) is 4.11. The molecule has 4 nitrogen and oxygen atoms in total. The molecule has 0 saturated heterocycles. The second kappa shape index (κ2) is 6.17. The lowest BCUT2D eigenvalue weighted by Crippen LogP contribution is -1.99. The van der Waals surface area contributed by atoms with Crippen LogP contribution in [-0.2, 0) is 4.79 Å². The summed E-state index contributed by atoms with van der Waals surface area (Å²) in [6, 6.07) is 3.54. The van der Waals surface area contributed by atoms with Gasteiger partial charge in [0.2, 0.25) is 0 Å². The van der Waals surface area contributed by atoms with Crippen molar-refractivity contribution >= 4 is 23.4 Å². The fourth-order valence-electron chi connectivity index (χ4n) is 1.13. The molecule has 0 aliphatic carbocycles. The molecule has 1 aromatic rings. The molecule has 1 heterocycles. The maximum Gasteiger partial charge on any atom is 0.331 e. The van der Waals surface area contributed by atoms with Gasteiger partial charge in [0.25, 0.3) is 0 Å². The van der Waals surface area contributed by atoms with Crippen molar-refractivity contribution in [1.82, 2.24) is 4.98 Å². The molecule has 86 valence electrons. The van der Waals surface area contributed by atoms with Crippen LogP contribution >= 0.6 is 11.8 Å². The van der Waals surface area contributed by atoms with Gasteiger partial charge in [-0.15, -0.1) is 11.8 Å². The van der Waals surface area contributed by atoms with Crippen LogP contribution in [0.3, 0.4) is 0 Å². The maximum atomic E-state index is 10.7. The van der Waals surface area contributed by atoms with E-state index in [4.69, 9.17) is 10.8 Å². The maximum absolute atomic E-state index is 10.7. The van der Waals surface area contributed by atoms with Crippen molar-refractivity contribution in [3.63, 3.8) is 0 Å². The van der Waals surface area contributed by atoms with Crippen LogP contribution in [0.15, 0.2) is 35.0 Å². The Hall–Kier alpha value is -1.49. The minimum Gasteiger partial charge on any atom is -0.478 e. The van der Waals surface area contributed by atoms with Crippen molar-refractivity contribution in [3.8, 4) is 0 Å². The molecule has 0 aromatic carbocycles. The fourth-order valence-corrected chi connectivity index (χ4v) is 1.94. The Morgan fingerprint density at radius 2 is 2.44 bits per heavy atom. The quantitative estimate of drug-likeness (QED) is 0.607. The third kappa shape index (κ3) is 3.58. The average Bonchev–Trinajstić information content (AvgIpc) is 2.26. The van der Waals surface area contributed by atoms with E-state index in [2.05, 4.69) is 4.98 Å². The van der Waals surface area contributed by atoms with Gasteiger partial charge in [-0.2, -0.15) is 0 Å². The number of carboxylic acid groups (broad SMARTS) is 1. The molecule has 1 aromatic heterocycles. The molecule has 0 atom stereocenters. The van der Waals surface area contributed by atoms with Crippen molar-refractivity contribution in [1.29, 1.82) is 0 Å². The number of hydrogen-bond donors (Lipinski definition) is 2. The molecule has 0 spiro atoms. The molecule has 0 amide bonds. The van der Waals surface area contributed by atoms with Gasteiger partial charge < -0.3 is 10.8 Å². The SMILES string of the molecule is CCC(=CCSc1ncccc1N)C(=O)O.